The van der Waals surface area contributed by atoms with E-state index in [1.165, 1.54) is 0 Å². The van der Waals surface area contributed by atoms with Crippen LogP contribution in [0.3, 0.4) is 0 Å². The van der Waals surface area contributed by atoms with E-state index in [2.05, 4.69) is 0 Å². The van der Waals surface area contributed by atoms with Crippen LogP contribution in [0.1, 0.15) is 25.0 Å². The molecule has 72 valence electrons. The Morgan fingerprint density at radius 1 is 1.23 bits per heavy atom. The Balaban J connectivity index is 0.000000671. The van der Waals surface area contributed by atoms with Crippen molar-refractivity contribution in [1.82, 2.24) is 0 Å². The van der Waals surface area contributed by atoms with E-state index in [0.29, 0.717) is 13.0 Å². The van der Waals surface area contributed by atoms with E-state index < -0.39 is 0 Å². The van der Waals surface area contributed by atoms with Crippen molar-refractivity contribution in [3.63, 3.8) is 0 Å². The predicted octanol–water partition coefficient (Wildman–Crippen LogP) is 1.91. The van der Waals surface area contributed by atoms with Crippen molar-refractivity contribution in [2.24, 2.45) is 5.73 Å². The molecule has 0 spiro atoms. The maximum atomic E-state index is 10.2. The fourth-order valence-corrected chi connectivity index (χ4v) is 1.05. The lowest BCUT2D eigenvalue weighted by molar-refractivity contribution is -0.107. The van der Waals surface area contributed by atoms with Gasteiger partial charge >= 0.3 is 0 Å². The van der Waals surface area contributed by atoms with Gasteiger partial charge in [-0.15, -0.1) is 0 Å². The molecule has 1 aromatic rings. The first kappa shape index (κ1) is 11.8. The Kier molecular flexibility index (Phi) is 6.83. The van der Waals surface area contributed by atoms with Crippen LogP contribution in [-0.4, -0.2) is 6.29 Å². The van der Waals surface area contributed by atoms with Crippen LogP contribution in [0.5, 0.6) is 0 Å². The number of carbonyl (C=O) groups is 1. The summed E-state index contributed by atoms with van der Waals surface area (Å²) in [6.07, 6.45) is 1.36. The van der Waals surface area contributed by atoms with Gasteiger partial charge < -0.3 is 10.5 Å². The van der Waals surface area contributed by atoms with Gasteiger partial charge in [-0.2, -0.15) is 0 Å². The van der Waals surface area contributed by atoms with Crippen LogP contribution in [0.4, 0.5) is 0 Å². The third-order valence-corrected chi connectivity index (χ3v) is 1.64. The Hall–Kier alpha value is -1.15. The number of hydrogen-bond donors (Lipinski definition) is 1. The molecule has 0 heterocycles. The van der Waals surface area contributed by atoms with Crippen LogP contribution in [0.25, 0.3) is 0 Å². The molecule has 0 aliphatic carbocycles. The minimum atomic E-state index is 0.466. The molecular formula is C11H17NO. The van der Waals surface area contributed by atoms with Crippen molar-refractivity contribution in [2.45, 2.75) is 26.8 Å². The molecule has 0 aliphatic rings. The maximum absolute atomic E-state index is 10.2. The summed E-state index contributed by atoms with van der Waals surface area (Å²) < 4.78 is 0. The molecule has 1 aromatic carbocycles. The zero-order valence-electron chi connectivity index (χ0n) is 8.29. The van der Waals surface area contributed by atoms with Gasteiger partial charge in [0.2, 0.25) is 0 Å². The molecule has 0 amide bonds. The van der Waals surface area contributed by atoms with Crippen LogP contribution in [0, 0.1) is 0 Å². The summed E-state index contributed by atoms with van der Waals surface area (Å²) in [6, 6.07) is 7.71. The first-order valence-electron chi connectivity index (χ1n) is 4.59. The molecule has 2 heteroatoms. The van der Waals surface area contributed by atoms with Crippen LogP contribution in [0.15, 0.2) is 24.3 Å². The van der Waals surface area contributed by atoms with E-state index in [1.807, 2.05) is 38.1 Å². The van der Waals surface area contributed by atoms with Gasteiger partial charge in [0.1, 0.15) is 6.29 Å². The topological polar surface area (TPSA) is 43.1 Å². The molecule has 0 aromatic heterocycles. The summed E-state index contributed by atoms with van der Waals surface area (Å²) in [5.74, 6) is 0. The zero-order chi connectivity index (χ0) is 10.1. The lowest BCUT2D eigenvalue weighted by atomic mass is 10.1. The van der Waals surface area contributed by atoms with Crippen LogP contribution in [0.2, 0.25) is 0 Å². The molecule has 0 bridgehead atoms. The van der Waals surface area contributed by atoms with Gasteiger partial charge in [-0.3, -0.25) is 0 Å². The zero-order valence-corrected chi connectivity index (χ0v) is 8.29. The smallest absolute Gasteiger partial charge is 0.124 e. The molecule has 0 saturated heterocycles. The molecular weight excluding hydrogens is 162 g/mol. The highest BCUT2D eigenvalue weighted by Gasteiger charge is 1.96. The van der Waals surface area contributed by atoms with E-state index in [-0.39, 0.29) is 0 Å². The monoisotopic (exact) mass is 179 g/mol. The van der Waals surface area contributed by atoms with Crippen LogP contribution < -0.4 is 5.73 Å². The van der Waals surface area contributed by atoms with E-state index >= 15 is 0 Å². The number of carbonyl (C=O) groups excluding carboxylic acids is 1. The normalized spacial score (nSPS) is 8.54. The Bertz CT molecular complexity index is 246. The van der Waals surface area contributed by atoms with Crippen molar-refractivity contribution in [1.29, 1.82) is 0 Å². The highest BCUT2D eigenvalue weighted by atomic mass is 16.1. The SMILES string of the molecule is CC.NCc1ccccc1CC=O. The average molecular weight is 179 g/mol. The minimum absolute atomic E-state index is 0.466. The van der Waals surface area contributed by atoms with Crippen molar-refractivity contribution >= 4 is 6.29 Å². The molecule has 0 radical (unpaired) electrons. The summed E-state index contributed by atoms with van der Waals surface area (Å²) in [7, 11) is 0. The Morgan fingerprint density at radius 2 is 1.77 bits per heavy atom. The molecule has 0 unspecified atom stereocenters. The molecule has 0 atom stereocenters. The first-order valence-corrected chi connectivity index (χ1v) is 4.59. The van der Waals surface area contributed by atoms with Gasteiger partial charge in [0, 0.05) is 13.0 Å². The Morgan fingerprint density at radius 3 is 2.23 bits per heavy atom. The molecule has 2 nitrogen and oxygen atoms in total. The minimum Gasteiger partial charge on any atom is -0.326 e. The van der Waals surface area contributed by atoms with Crippen molar-refractivity contribution in [3.05, 3.63) is 35.4 Å². The number of aldehydes is 1. The van der Waals surface area contributed by atoms with E-state index in [9.17, 15) is 4.79 Å². The van der Waals surface area contributed by atoms with E-state index in [0.717, 1.165) is 17.4 Å². The van der Waals surface area contributed by atoms with Gasteiger partial charge in [0.15, 0.2) is 0 Å². The number of rotatable bonds is 3. The fourth-order valence-electron chi connectivity index (χ4n) is 1.05. The largest absolute Gasteiger partial charge is 0.326 e. The second-order valence-corrected chi connectivity index (χ2v) is 2.34. The number of benzene rings is 1. The number of nitrogens with two attached hydrogens (primary N) is 1. The third-order valence-electron chi connectivity index (χ3n) is 1.64. The van der Waals surface area contributed by atoms with Gasteiger partial charge in [-0.05, 0) is 11.1 Å². The Labute approximate surface area is 79.8 Å². The molecule has 0 aliphatic heterocycles. The van der Waals surface area contributed by atoms with E-state index in [1.54, 1.807) is 0 Å². The molecule has 0 saturated carbocycles. The van der Waals surface area contributed by atoms with Gasteiger partial charge in [-0.1, -0.05) is 38.1 Å². The standard InChI is InChI=1S/C9H11NO.C2H6/c10-7-9-4-2-1-3-8(9)5-6-11;1-2/h1-4,6H,5,7,10H2;1-2H3. The molecule has 2 N–H and O–H groups in total. The number of hydrogen-bond acceptors (Lipinski definition) is 2. The second kappa shape index (κ2) is 7.50. The van der Waals surface area contributed by atoms with E-state index in [4.69, 9.17) is 5.73 Å². The quantitative estimate of drug-likeness (QED) is 0.720. The molecule has 13 heavy (non-hydrogen) atoms. The summed E-state index contributed by atoms with van der Waals surface area (Å²) in [4.78, 5) is 10.2. The summed E-state index contributed by atoms with van der Waals surface area (Å²) in [6.45, 7) is 4.50. The van der Waals surface area contributed by atoms with Gasteiger partial charge in [0.25, 0.3) is 0 Å². The summed E-state index contributed by atoms with van der Waals surface area (Å²) in [5, 5.41) is 0. The molecule has 1 rings (SSSR count). The summed E-state index contributed by atoms with van der Waals surface area (Å²) in [5.41, 5.74) is 7.55. The fraction of sp³-hybridized carbons (Fsp3) is 0.364. The average Bonchev–Trinajstić information content (AvgIpc) is 2.22. The lowest BCUT2D eigenvalue weighted by Gasteiger charge is -2.01. The highest BCUT2D eigenvalue weighted by molar-refractivity contribution is 5.56. The van der Waals surface area contributed by atoms with Gasteiger partial charge in [-0.25, -0.2) is 0 Å². The lowest BCUT2D eigenvalue weighted by Crippen LogP contribution is -2.01. The third kappa shape index (κ3) is 3.85. The maximum Gasteiger partial charge on any atom is 0.124 e. The highest BCUT2D eigenvalue weighted by Crippen LogP contribution is 2.06. The van der Waals surface area contributed by atoms with Crippen molar-refractivity contribution in [3.8, 4) is 0 Å². The summed E-state index contributed by atoms with van der Waals surface area (Å²) >= 11 is 0. The molecule has 0 fully saturated rings. The van der Waals surface area contributed by atoms with Crippen molar-refractivity contribution < 1.29 is 4.79 Å². The first-order chi connectivity index (χ1) is 6.38. The van der Waals surface area contributed by atoms with Crippen molar-refractivity contribution in [2.75, 3.05) is 0 Å². The predicted molar refractivity (Wildman–Crippen MR) is 55.4 cm³/mol. The van der Waals surface area contributed by atoms with Gasteiger partial charge in [0.05, 0.1) is 0 Å². The van der Waals surface area contributed by atoms with Crippen LogP contribution in [-0.2, 0) is 17.8 Å². The second-order valence-electron chi connectivity index (χ2n) is 2.34. The van der Waals surface area contributed by atoms with Crippen LogP contribution >= 0.6 is 0 Å².